The Balaban J connectivity index is 1.45. The smallest absolute Gasteiger partial charge is 0.138 e. The third-order valence-corrected chi connectivity index (χ3v) is 9.63. The fourth-order valence-corrected chi connectivity index (χ4v) is 7.11. The van der Waals surface area contributed by atoms with Gasteiger partial charge in [0, 0.05) is 34.7 Å². The van der Waals surface area contributed by atoms with Crippen LogP contribution < -0.4 is 4.90 Å². The molecule has 230 valence electrons. The normalized spacial score (nSPS) is 13.6. The van der Waals surface area contributed by atoms with Crippen LogP contribution in [0.5, 0.6) is 0 Å². The van der Waals surface area contributed by atoms with Crippen LogP contribution in [0.15, 0.2) is 156 Å². The molecule has 0 unspecified atom stereocenters. The number of hydrogen-bond donors (Lipinski definition) is 0. The summed E-state index contributed by atoms with van der Waals surface area (Å²) in [5.74, 6) is 0.943. The van der Waals surface area contributed by atoms with Gasteiger partial charge in [0.1, 0.15) is 17.1 Å². The largest absolute Gasteiger partial charge is 0.378 e. The van der Waals surface area contributed by atoms with Crippen molar-refractivity contribution >= 4 is 32.7 Å². The molecular formula is C41H33BrN4O. The molecule has 6 heteroatoms. The van der Waals surface area contributed by atoms with Crippen molar-refractivity contribution in [1.29, 1.82) is 0 Å². The van der Waals surface area contributed by atoms with E-state index in [1.54, 1.807) is 0 Å². The fourth-order valence-electron chi connectivity index (χ4n) is 6.84. The Morgan fingerprint density at radius 1 is 0.596 bits per heavy atom. The first kappa shape index (κ1) is 29.4. The van der Waals surface area contributed by atoms with E-state index in [4.69, 9.17) is 14.8 Å². The average molecular weight is 678 g/mol. The second-order valence-electron chi connectivity index (χ2n) is 11.8. The molecule has 0 atom stereocenters. The summed E-state index contributed by atoms with van der Waals surface area (Å²) in [4.78, 5) is 7.06. The second-order valence-corrected chi connectivity index (χ2v) is 12.7. The van der Waals surface area contributed by atoms with Gasteiger partial charge in [0.25, 0.3) is 0 Å². The Morgan fingerprint density at radius 2 is 1.17 bits per heavy atom. The van der Waals surface area contributed by atoms with Gasteiger partial charge in [-0.3, -0.25) is 0 Å². The molecule has 0 bridgehead atoms. The number of rotatable bonds is 7. The summed E-state index contributed by atoms with van der Waals surface area (Å²) < 4.78 is 8.94. The van der Waals surface area contributed by atoms with Crippen LogP contribution in [0.1, 0.15) is 16.7 Å². The van der Waals surface area contributed by atoms with Crippen LogP contribution in [-0.4, -0.2) is 41.1 Å². The van der Waals surface area contributed by atoms with E-state index in [-0.39, 0.29) is 0 Å². The van der Waals surface area contributed by atoms with Crippen molar-refractivity contribution in [2.75, 3.05) is 31.2 Å². The molecule has 0 aliphatic carbocycles. The molecule has 2 aromatic heterocycles. The second kappa shape index (κ2) is 12.6. The highest BCUT2D eigenvalue weighted by molar-refractivity contribution is 9.10. The highest BCUT2D eigenvalue weighted by Gasteiger charge is 2.41. The van der Waals surface area contributed by atoms with Gasteiger partial charge in [0.15, 0.2) is 0 Å². The lowest BCUT2D eigenvalue weighted by atomic mass is 9.77. The zero-order valence-electron chi connectivity index (χ0n) is 25.8. The van der Waals surface area contributed by atoms with E-state index in [9.17, 15) is 0 Å². The summed E-state index contributed by atoms with van der Waals surface area (Å²) in [5, 5.41) is 6.71. The first-order valence-electron chi connectivity index (χ1n) is 16.0. The molecular weight excluding hydrogens is 644 g/mol. The number of anilines is 1. The van der Waals surface area contributed by atoms with E-state index in [1.807, 2.05) is 6.20 Å². The Hall–Kier alpha value is -5.04. The van der Waals surface area contributed by atoms with E-state index in [0.717, 1.165) is 73.4 Å². The van der Waals surface area contributed by atoms with E-state index in [0.29, 0.717) is 13.2 Å². The molecule has 47 heavy (non-hydrogen) atoms. The number of aromatic nitrogens is 3. The van der Waals surface area contributed by atoms with E-state index < -0.39 is 5.54 Å². The molecule has 1 aliphatic rings. The van der Waals surface area contributed by atoms with Gasteiger partial charge in [-0.15, -0.1) is 0 Å². The summed E-state index contributed by atoms with van der Waals surface area (Å²) >= 11 is 3.60. The highest BCUT2D eigenvalue weighted by atomic mass is 79.9. The molecule has 0 radical (unpaired) electrons. The van der Waals surface area contributed by atoms with Crippen molar-refractivity contribution in [2.45, 2.75) is 5.54 Å². The van der Waals surface area contributed by atoms with Crippen molar-refractivity contribution in [3.63, 3.8) is 0 Å². The van der Waals surface area contributed by atoms with Crippen molar-refractivity contribution < 1.29 is 4.74 Å². The molecule has 8 rings (SSSR count). The Kier molecular flexibility index (Phi) is 7.89. The predicted molar refractivity (Wildman–Crippen MR) is 194 cm³/mol. The number of ether oxygens (including phenoxy) is 1. The third kappa shape index (κ3) is 5.33. The van der Waals surface area contributed by atoms with Gasteiger partial charge in [-0.25, -0.2) is 9.67 Å². The van der Waals surface area contributed by atoms with Crippen molar-refractivity contribution in [3.05, 3.63) is 173 Å². The van der Waals surface area contributed by atoms with E-state index in [2.05, 4.69) is 171 Å². The van der Waals surface area contributed by atoms with Gasteiger partial charge >= 0.3 is 0 Å². The lowest BCUT2D eigenvalue weighted by Gasteiger charge is -2.37. The topological polar surface area (TPSA) is 43.2 Å². The lowest BCUT2D eigenvalue weighted by molar-refractivity contribution is 0.122. The number of halogens is 1. The fraction of sp³-hybridized carbons (Fsp3) is 0.122. The molecule has 1 saturated heterocycles. The van der Waals surface area contributed by atoms with Crippen LogP contribution in [0, 0.1) is 0 Å². The third-order valence-electron chi connectivity index (χ3n) is 9.10. The quantitative estimate of drug-likeness (QED) is 0.158. The Morgan fingerprint density at radius 3 is 1.77 bits per heavy atom. The van der Waals surface area contributed by atoms with Crippen LogP contribution in [0.4, 0.5) is 5.82 Å². The van der Waals surface area contributed by atoms with Crippen LogP contribution >= 0.6 is 15.9 Å². The maximum Gasteiger partial charge on any atom is 0.138 e. The standard InChI is InChI=1S/C41H33BrN4O/c42-36-19-16-30(17-20-36)31-18-21-38-37(28-31)40(32-22-23-43-39(29-32)45-24-26-47-27-25-45)44-46(38)41(33-10-4-1-5-11-33,34-12-6-2-7-13-34)35-14-8-3-9-15-35/h1-23,28-29H,24-27H2. The molecule has 7 aromatic rings. The van der Waals surface area contributed by atoms with Gasteiger partial charge in [-0.2, -0.15) is 5.10 Å². The van der Waals surface area contributed by atoms with Crippen LogP contribution in [0.3, 0.4) is 0 Å². The molecule has 0 N–H and O–H groups in total. The van der Waals surface area contributed by atoms with Crippen molar-refractivity contribution in [1.82, 2.24) is 14.8 Å². The maximum absolute atomic E-state index is 5.64. The van der Waals surface area contributed by atoms with Gasteiger partial charge in [0.05, 0.1) is 18.7 Å². The maximum atomic E-state index is 5.64. The number of hydrogen-bond acceptors (Lipinski definition) is 4. The summed E-state index contributed by atoms with van der Waals surface area (Å²) in [5.41, 5.74) is 7.93. The summed E-state index contributed by atoms with van der Waals surface area (Å²) in [6.07, 6.45) is 1.91. The SMILES string of the molecule is Brc1ccc(-c2ccc3c(c2)c(-c2ccnc(N4CCOCC4)c2)nn3C(c2ccccc2)(c2ccccc2)c2ccccc2)cc1. The summed E-state index contributed by atoms with van der Waals surface area (Å²) in [6, 6.07) is 51.7. The van der Waals surface area contributed by atoms with Crippen LogP contribution in [0.25, 0.3) is 33.3 Å². The molecule has 0 saturated carbocycles. The zero-order chi connectivity index (χ0) is 31.6. The minimum Gasteiger partial charge on any atom is -0.378 e. The van der Waals surface area contributed by atoms with Crippen molar-refractivity contribution in [2.24, 2.45) is 0 Å². The monoisotopic (exact) mass is 676 g/mol. The van der Waals surface area contributed by atoms with Gasteiger partial charge in [-0.1, -0.05) is 125 Å². The first-order chi connectivity index (χ1) is 23.2. The molecule has 5 aromatic carbocycles. The van der Waals surface area contributed by atoms with Gasteiger partial charge < -0.3 is 9.64 Å². The number of morpholine rings is 1. The number of pyridine rings is 1. The van der Waals surface area contributed by atoms with E-state index in [1.165, 1.54) is 0 Å². The predicted octanol–water partition coefficient (Wildman–Crippen LogP) is 9.20. The molecule has 3 heterocycles. The number of benzene rings is 5. The van der Waals surface area contributed by atoms with Crippen LogP contribution in [-0.2, 0) is 10.3 Å². The lowest BCUT2D eigenvalue weighted by Crippen LogP contribution is -2.38. The average Bonchev–Trinajstić information content (AvgIpc) is 3.53. The van der Waals surface area contributed by atoms with E-state index >= 15 is 0 Å². The van der Waals surface area contributed by atoms with Crippen LogP contribution in [0.2, 0.25) is 0 Å². The minimum atomic E-state index is -0.751. The van der Waals surface area contributed by atoms with Gasteiger partial charge in [-0.05, 0) is 64.2 Å². The molecule has 1 fully saturated rings. The molecule has 5 nitrogen and oxygen atoms in total. The molecule has 1 aliphatic heterocycles. The number of fused-ring (bicyclic) bond motifs is 1. The minimum absolute atomic E-state index is 0.702. The molecule has 0 spiro atoms. The van der Waals surface area contributed by atoms with Gasteiger partial charge in [0.2, 0.25) is 0 Å². The summed E-state index contributed by atoms with van der Waals surface area (Å²) in [7, 11) is 0. The number of nitrogens with zero attached hydrogens (tertiary/aromatic N) is 4. The summed E-state index contributed by atoms with van der Waals surface area (Å²) in [6.45, 7) is 3.04. The molecule has 0 amide bonds. The zero-order valence-corrected chi connectivity index (χ0v) is 27.4. The Labute approximate surface area is 283 Å². The van der Waals surface area contributed by atoms with Crippen molar-refractivity contribution in [3.8, 4) is 22.4 Å². The Bertz CT molecular complexity index is 2030. The highest BCUT2D eigenvalue weighted by Crippen LogP contribution is 2.44. The first-order valence-corrected chi connectivity index (χ1v) is 16.8.